The van der Waals surface area contributed by atoms with Crippen molar-refractivity contribution in [3.8, 4) is 0 Å². The Bertz CT molecular complexity index is 631. The Hall–Kier alpha value is -1.92. The van der Waals surface area contributed by atoms with Crippen molar-refractivity contribution >= 4 is 11.8 Å². The summed E-state index contributed by atoms with van der Waals surface area (Å²) < 4.78 is 5.08. The molecule has 1 atom stereocenters. The van der Waals surface area contributed by atoms with Gasteiger partial charge in [0.25, 0.3) is 5.91 Å². The van der Waals surface area contributed by atoms with Gasteiger partial charge in [0.05, 0.1) is 12.0 Å². The SMILES string of the molecule is COCCN1CCC2(CCc3cc(C(=O)NO)ccc3C2)C1=O. The van der Waals surface area contributed by atoms with Gasteiger partial charge in [-0.05, 0) is 48.9 Å². The molecule has 1 aromatic carbocycles. The van der Waals surface area contributed by atoms with E-state index in [0.29, 0.717) is 18.7 Å². The van der Waals surface area contributed by atoms with Crippen LogP contribution in [0, 0.1) is 5.41 Å². The van der Waals surface area contributed by atoms with Crippen molar-refractivity contribution in [3.05, 3.63) is 34.9 Å². The van der Waals surface area contributed by atoms with Crippen LogP contribution in [0.2, 0.25) is 0 Å². The van der Waals surface area contributed by atoms with Crippen LogP contribution >= 0.6 is 0 Å². The number of hydrogen-bond donors (Lipinski definition) is 2. The highest BCUT2D eigenvalue weighted by Gasteiger charge is 2.47. The number of nitrogens with zero attached hydrogens (tertiary/aromatic N) is 1. The first-order valence-electron chi connectivity index (χ1n) is 7.94. The van der Waals surface area contributed by atoms with Crippen molar-refractivity contribution in [2.75, 3.05) is 26.8 Å². The average molecular weight is 318 g/mol. The van der Waals surface area contributed by atoms with E-state index in [1.807, 2.05) is 17.0 Å². The summed E-state index contributed by atoms with van der Waals surface area (Å²) in [7, 11) is 1.65. The Morgan fingerprint density at radius 1 is 1.39 bits per heavy atom. The first-order valence-corrected chi connectivity index (χ1v) is 7.94. The molecule has 1 spiro atoms. The van der Waals surface area contributed by atoms with Crippen LogP contribution in [-0.2, 0) is 22.4 Å². The topological polar surface area (TPSA) is 78.9 Å². The highest BCUT2D eigenvalue weighted by molar-refractivity contribution is 5.93. The minimum Gasteiger partial charge on any atom is -0.383 e. The summed E-state index contributed by atoms with van der Waals surface area (Å²) in [4.78, 5) is 26.2. The summed E-state index contributed by atoms with van der Waals surface area (Å²) in [6.07, 6.45) is 3.21. The second-order valence-corrected chi connectivity index (χ2v) is 6.42. The molecule has 6 nitrogen and oxygen atoms in total. The minimum absolute atomic E-state index is 0.234. The predicted octanol–water partition coefficient (Wildman–Crippen LogP) is 1.16. The number of hydrogen-bond acceptors (Lipinski definition) is 4. The lowest BCUT2D eigenvalue weighted by molar-refractivity contribution is -0.137. The van der Waals surface area contributed by atoms with Crippen LogP contribution in [0.5, 0.6) is 0 Å². The highest BCUT2D eigenvalue weighted by Crippen LogP contribution is 2.43. The van der Waals surface area contributed by atoms with E-state index in [4.69, 9.17) is 9.94 Å². The molecule has 1 aliphatic carbocycles. The lowest BCUT2D eigenvalue weighted by Gasteiger charge is -2.33. The maximum Gasteiger partial charge on any atom is 0.274 e. The fourth-order valence-corrected chi connectivity index (χ4v) is 3.77. The molecular formula is C17H22N2O4. The number of ether oxygens (including phenoxy) is 1. The fraction of sp³-hybridized carbons (Fsp3) is 0.529. The second kappa shape index (κ2) is 6.29. The van der Waals surface area contributed by atoms with Crippen molar-refractivity contribution in [1.29, 1.82) is 0 Å². The number of benzene rings is 1. The predicted molar refractivity (Wildman–Crippen MR) is 83.2 cm³/mol. The molecule has 1 heterocycles. The van der Waals surface area contributed by atoms with Gasteiger partial charge in [-0.2, -0.15) is 0 Å². The van der Waals surface area contributed by atoms with Crippen LogP contribution in [-0.4, -0.2) is 48.7 Å². The number of likely N-dealkylation sites (tertiary alicyclic amines) is 1. The Morgan fingerprint density at radius 2 is 2.22 bits per heavy atom. The third kappa shape index (κ3) is 2.84. The summed E-state index contributed by atoms with van der Waals surface area (Å²) in [6.45, 7) is 2.01. The highest BCUT2D eigenvalue weighted by atomic mass is 16.5. The van der Waals surface area contributed by atoms with Crippen molar-refractivity contribution in [3.63, 3.8) is 0 Å². The monoisotopic (exact) mass is 318 g/mol. The molecule has 0 saturated carbocycles. The fourth-order valence-electron chi connectivity index (χ4n) is 3.77. The molecule has 3 rings (SSSR count). The van der Waals surface area contributed by atoms with Gasteiger partial charge in [-0.3, -0.25) is 14.8 Å². The number of hydroxylamine groups is 1. The van der Waals surface area contributed by atoms with Crippen LogP contribution in [0.25, 0.3) is 0 Å². The molecule has 2 N–H and O–H groups in total. The largest absolute Gasteiger partial charge is 0.383 e. The maximum atomic E-state index is 12.8. The Labute approximate surface area is 135 Å². The number of methoxy groups -OCH3 is 1. The van der Waals surface area contributed by atoms with E-state index >= 15 is 0 Å². The molecule has 0 radical (unpaired) electrons. The van der Waals surface area contributed by atoms with Gasteiger partial charge in [0, 0.05) is 25.8 Å². The van der Waals surface area contributed by atoms with Crippen LogP contribution in [0.1, 0.15) is 34.3 Å². The zero-order valence-electron chi connectivity index (χ0n) is 13.3. The van der Waals surface area contributed by atoms with Gasteiger partial charge in [-0.15, -0.1) is 0 Å². The van der Waals surface area contributed by atoms with Gasteiger partial charge >= 0.3 is 0 Å². The van der Waals surface area contributed by atoms with Gasteiger partial charge in [-0.1, -0.05) is 6.07 Å². The third-order valence-electron chi connectivity index (χ3n) is 5.14. The Balaban J connectivity index is 1.78. The number of carbonyl (C=O) groups is 2. The molecule has 124 valence electrons. The number of carbonyl (C=O) groups excluding carboxylic acids is 2. The first-order chi connectivity index (χ1) is 11.1. The standard InChI is InChI=1S/C17H22N2O4/c1-23-9-8-19-7-6-17(16(19)21)5-4-12-10-13(15(20)18-22)2-3-14(12)11-17/h2-3,10,22H,4-9,11H2,1H3,(H,18,20). The van der Waals surface area contributed by atoms with E-state index in [9.17, 15) is 9.59 Å². The molecule has 6 heteroatoms. The van der Waals surface area contributed by atoms with Crippen LogP contribution < -0.4 is 5.48 Å². The second-order valence-electron chi connectivity index (χ2n) is 6.42. The quantitative estimate of drug-likeness (QED) is 0.645. The summed E-state index contributed by atoms with van der Waals surface area (Å²) in [5, 5.41) is 8.73. The molecule has 2 amide bonds. The molecule has 0 bridgehead atoms. The van der Waals surface area contributed by atoms with E-state index < -0.39 is 5.91 Å². The van der Waals surface area contributed by atoms with Gasteiger partial charge in [0.1, 0.15) is 0 Å². The van der Waals surface area contributed by atoms with E-state index in [1.54, 1.807) is 18.7 Å². The zero-order valence-corrected chi connectivity index (χ0v) is 13.3. The van der Waals surface area contributed by atoms with Gasteiger partial charge in [0.15, 0.2) is 0 Å². The van der Waals surface area contributed by atoms with Gasteiger partial charge in [0.2, 0.25) is 5.91 Å². The summed E-state index contributed by atoms with van der Waals surface area (Å²) in [6, 6.07) is 5.42. The molecule has 1 saturated heterocycles. The van der Waals surface area contributed by atoms with E-state index in [1.165, 1.54) is 0 Å². The van der Waals surface area contributed by atoms with Gasteiger partial charge in [-0.25, -0.2) is 5.48 Å². The van der Waals surface area contributed by atoms with E-state index in [-0.39, 0.29) is 11.3 Å². The van der Waals surface area contributed by atoms with Gasteiger partial charge < -0.3 is 9.64 Å². The molecule has 0 aromatic heterocycles. The van der Waals surface area contributed by atoms with E-state index in [2.05, 4.69) is 0 Å². The molecule has 1 fully saturated rings. The number of amides is 2. The number of rotatable bonds is 4. The van der Waals surface area contributed by atoms with Crippen molar-refractivity contribution in [2.24, 2.45) is 5.41 Å². The minimum atomic E-state index is -0.504. The van der Waals surface area contributed by atoms with Crippen molar-refractivity contribution < 1.29 is 19.5 Å². The first kappa shape index (κ1) is 16.0. The number of aryl methyl sites for hydroxylation is 1. The molecule has 1 aliphatic heterocycles. The molecule has 1 unspecified atom stereocenters. The van der Waals surface area contributed by atoms with Crippen LogP contribution in [0.15, 0.2) is 18.2 Å². The number of fused-ring (bicyclic) bond motifs is 1. The van der Waals surface area contributed by atoms with Crippen LogP contribution in [0.3, 0.4) is 0 Å². The molecule has 2 aliphatic rings. The number of nitrogens with one attached hydrogen (secondary N) is 1. The molecule has 1 aromatic rings. The maximum absolute atomic E-state index is 12.8. The Kier molecular flexibility index (Phi) is 4.37. The lowest BCUT2D eigenvalue weighted by atomic mass is 9.70. The molecular weight excluding hydrogens is 296 g/mol. The average Bonchev–Trinajstić information content (AvgIpc) is 2.88. The lowest BCUT2D eigenvalue weighted by Crippen LogP contribution is -2.39. The smallest absolute Gasteiger partial charge is 0.274 e. The van der Waals surface area contributed by atoms with Crippen molar-refractivity contribution in [1.82, 2.24) is 10.4 Å². The zero-order chi connectivity index (χ0) is 16.4. The van der Waals surface area contributed by atoms with E-state index in [0.717, 1.165) is 43.4 Å². The summed E-state index contributed by atoms with van der Waals surface area (Å²) >= 11 is 0. The molecule has 23 heavy (non-hydrogen) atoms. The van der Waals surface area contributed by atoms with Crippen LogP contribution in [0.4, 0.5) is 0 Å². The normalized spacial score (nSPS) is 23.2. The third-order valence-corrected chi connectivity index (χ3v) is 5.14. The Morgan fingerprint density at radius 3 is 2.96 bits per heavy atom. The summed E-state index contributed by atoms with van der Waals surface area (Å²) in [5.41, 5.74) is 4.04. The van der Waals surface area contributed by atoms with Crippen molar-refractivity contribution in [2.45, 2.75) is 25.7 Å². The summed E-state index contributed by atoms with van der Waals surface area (Å²) in [5.74, 6) is -0.270.